The van der Waals surface area contributed by atoms with Crippen molar-refractivity contribution in [2.75, 3.05) is 25.1 Å². The van der Waals surface area contributed by atoms with Crippen molar-refractivity contribution >= 4 is 23.3 Å². The highest BCUT2D eigenvalue weighted by Gasteiger charge is 2.40. The molecule has 0 amide bonds. The average molecular weight is 419 g/mol. The van der Waals surface area contributed by atoms with E-state index in [-0.39, 0.29) is 18.4 Å². The van der Waals surface area contributed by atoms with E-state index in [1.807, 2.05) is 20.0 Å². The molecule has 2 unspecified atom stereocenters. The van der Waals surface area contributed by atoms with Crippen LogP contribution in [0.3, 0.4) is 0 Å². The van der Waals surface area contributed by atoms with Gasteiger partial charge in [0.1, 0.15) is 6.04 Å². The van der Waals surface area contributed by atoms with Crippen LogP contribution in [0.15, 0.2) is 30.3 Å². The monoisotopic (exact) mass is 418 g/mol. The zero-order valence-corrected chi connectivity index (χ0v) is 17.1. The van der Waals surface area contributed by atoms with Crippen molar-refractivity contribution in [3.05, 3.63) is 41.5 Å². The third-order valence-electron chi connectivity index (χ3n) is 4.45. The van der Waals surface area contributed by atoms with Crippen LogP contribution in [-0.2, 0) is 4.79 Å². The first-order chi connectivity index (χ1) is 13.2. The topological polar surface area (TPSA) is 75.3 Å². The number of rotatable bonds is 12. The lowest BCUT2D eigenvalue weighted by Gasteiger charge is -2.21. The van der Waals surface area contributed by atoms with E-state index in [4.69, 9.17) is 10.8 Å². The maximum atomic E-state index is 13.5. The number of nitrogens with two attached hydrogens (primary N) is 1. The Labute approximate surface area is 168 Å². The van der Waals surface area contributed by atoms with E-state index in [2.05, 4.69) is 5.32 Å². The van der Waals surface area contributed by atoms with Gasteiger partial charge in [-0.05, 0) is 54.5 Å². The van der Waals surface area contributed by atoms with Crippen LogP contribution >= 0.6 is 11.8 Å². The maximum Gasteiger partial charge on any atom is 0.395 e. The molecule has 0 spiro atoms. The number of carboxylic acids is 1. The van der Waals surface area contributed by atoms with Crippen molar-refractivity contribution in [2.24, 2.45) is 5.73 Å². The molecule has 0 aliphatic rings. The van der Waals surface area contributed by atoms with Crippen molar-refractivity contribution in [3.8, 4) is 0 Å². The van der Waals surface area contributed by atoms with Gasteiger partial charge in [-0.2, -0.15) is 24.9 Å². The molecule has 4 nitrogen and oxygen atoms in total. The normalized spacial score (nSPS) is 14.7. The molecule has 0 fully saturated rings. The lowest BCUT2D eigenvalue weighted by atomic mass is 9.93. The highest BCUT2D eigenvalue weighted by Crippen LogP contribution is 2.38. The van der Waals surface area contributed by atoms with E-state index in [1.165, 1.54) is 11.8 Å². The number of likely N-dealkylation sites (N-methyl/N-ethyl adjacent to an activating group) is 1. The van der Waals surface area contributed by atoms with Gasteiger partial charge in [0, 0.05) is 6.54 Å². The Bertz CT molecular complexity index is 633. The van der Waals surface area contributed by atoms with Crippen LogP contribution in [0.5, 0.6) is 0 Å². The maximum absolute atomic E-state index is 13.5. The quantitative estimate of drug-likeness (QED) is 0.442. The van der Waals surface area contributed by atoms with E-state index in [9.17, 15) is 18.0 Å². The number of alkyl halides is 3. The number of allylic oxidation sites excluding steroid dienone is 1. The molecule has 0 radical (unpaired) electrons. The van der Waals surface area contributed by atoms with Crippen molar-refractivity contribution in [1.82, 2.24) is 5.32 Å². The summed E-state index contributed by atoms with van der Waals surface area (Å²) >= 11 is 1.30. The van der Waals surface area contributed by atoms with E-state index in [0.29, 0.717) is 18.1 Å². The molecule has 4 N–H and O–H groups in total. The number of halogens is 3. The molecule has 0 aliphatic heterocycles. The number of carbonyl (C=O) groups is 1. The predicted molar refractivity (Wildman–Crippen MR) is 110 cm³/mol. The molecule has 8 heteroatoms. The minimum atomic E-state index is -4.32. The first-order valence-electron chi connectivity index (χ1n) is 9.27. The predicted octanol–water partition coefficient (Wildman–Crippen LogP) is 4.27. The van der Waals surface area contributed by atoms with Crippen molar-refractivity contribution < 1.29 is 23.1 Å². The van der Waals surface area contributed by atoms with Crippen LogP contribution in [0.2, 0.25) is 0 Å². The fourth-order valence-electron chi connectivity index (χ4n) is 2.78. The van der Waals surface area contributed by atoms with Gasteiger partial charge < -0.3 is 16.2 Å². The van der Waals surface area contributed by atoms with E-state index < -0.39 is 24.1 Å². The van der Waals surface area contributed by atoms with Gasteiger partial charge >= 0.3 is 12.1 Å². The molecule has 158 valence electrons. The summed E-state index contributed by atoms with van der Waals surface area (Å²) in [5, 5.41) is 11.7. The van der Waals surface area contributed by atoms with Crippen LogP contribution in [0.1, 0.15) is 43.2 Å². The lowest BCUT2D eigenvalue weighted by molar-refractivity contribution is -0.150. The third-order valence-corrected chi connectivity index (χ3v) is 5.50. The lowest BCUT2D eigenvalue weighted by Crippen LogP contribution is -2.30. The Morgan fingerprint density at radius 1 is 1.25 bits per heavy atom. The van der Waals surface area contributed by atoms with Gasteiger partial charge in [0.05, 0.1) is 5.92 Å². The molecule has 2 atom stereocenters. The highest BCUT2D eigenvalue weighted by atomic mass is 32.2. The fraction of sp³-hybridized carbons (Fsp3) is 0.550. The van der Waals surface area contributed by atoms with Crippen LogP contribution in [-0.4, -0.2) is 48.4 Å². The van der Waals surface area contributed by atoms with Crippen molar-refractivity contribution in [1.29, 1.82) is 0 Å². The molecule has 0 aromatic heterocycles. The summed E-state index contributed by atoms with van der Waals surface area (Å²) in [6.07, 6.45) is -1.29. The molecular formula is C20H29F3N2O2S. The van der Waals surface area contributed by atoms with Crippen LogP contribution in [0.4, 0.5) is 13.2 Å². The van der Waals surface area contributed by atoms with E-state index in [1.54, 1.807) is 24.3 Å². The number of nitrogens with one attached hydrogen (secondary N) is 1. The molecule has 0 aliphatic carbocycles. The first kappa shape index (κ1) is 24.5. The van der Waals surface area contributed by atoms with Gasteiger partial charge in [-0.3, -0.25) is 4.79 Å². The Morgan fingerprint density at radius 2 is 1.86 bits per heavy atom. The molecule has 0 saturated carbocycles. The SMILES string of the molecule is CC/C(=C\CNC)c1ccc(C(CCSCCC(N)C(=O)O)C(F)(F)F)cc1. The van der Waals surface area contributed by atoms with Crippen LogP contribution in [0.25, 0.3) is 5.57 Å². The van der Waals surface area contributed by atoms with Crippen LogP contribution < -0.4 is 11.1 Å². The smallest absolute Gasteiger partial charge is 0.395 e. The number of thioether (sulfide) groups is 1. The van der Waals surface area contributed by atoms with Gasteiger partial charge in [0.25, 0.3) is 0 Å². The molecule has 1 rings (SSSR count). The number of aliphatic carboxylic acids is 1. The minimum Gasteiger partial charge on any atom is -0.480 e. The second kappa shape index (κ2) is 12.1. The minimum absolute atomic E-state index is 0.0496. The molecular weight excluding hydrogens is 389 g/mol. The summed E-state index contributed by atoms with van der Waals surface area (Å²) in [7, 11) is 1.84. The summed E-state index contributed by atoms with van der Waals surface area (Å²) in [6.45, 7) is 2.72. The second-order valence-electron chi connectivity index (χ2n) is 6.49. The highest BCUT2D eigenvalue weighted by molar-refractivity contribution is 7.99. The standard InChI is InChI=1S/C20H29F3N2O2S/c1-3-14(8-11-25-2)15-4-6-16(7-5-15)17(20(21,22)23)9-12-28-13-10-18(24)19(26)27/h4-8,17-18,25H,3,9-13,24H2,1-2H3,(H,26,27)/b14-8+. The van der Waals surface area contributed by atoms with E-state index >= 15 is 0 Å². The van der Waals surface area contributed by atoms with Crippen molar-refractivity contribution in [3.63, 3.8) is 0 Å². The summed E-state index contributed by atoms with van der Waals surface area (Å²) in [6, 6.07) is 5.64. The molecule has 1 aromatic rings. The Hall–Kier alpha value is -1.51. The third kappa shape index (κ3) is 8.24. The number of hydrogen-bond acceptors (Lipinski definition) is 4. The summed E-state index contributed by atoms with van der Waals surface area (Å²) < 4.78 is 40.5. The van der Waals surface area contributed by atoms with Gasteiger partial charge in [-0.15, -0.1) is 0 Å². The largest absolute Gasteiger partial charge is 0.480 e. The van der Waals surface area contributed by atoms with Gasteiger partial charge in [0.15, 0.2) is 0 Å². The summed E-state index contributed by atoms with van der Waals surface area (Å²) in [4.78, 5) is 10.7. The Balaban J connectivity index is 2.73. The molecule has 0 heterocycles. The Morgan fingerprint density at radius 3 is 2.36 bits per heavy atom. The summed E-state index contributed by atoms with van der Waals surface area (Å²) in [5.74, 6) is -1.91. The van der Waals surface area contributed by atoms with Crippen LogP contribution in [0, 0.1) is 0 Å². The molecule has 0 bridgehead atoms. The van der Waals surface area contributed by atoms with Gasteiger partial charge in [-0.25, -0.2) is 0 Å². The van der Waals surface area contributed by atoms with Gasteiger partial charge in [-0.1, -0.05) is 37.3 Å². The second-order valence-corrected chi connectivity index (χ2v) is 7.72. The molecule has 28 heavy (non-hydrogen) atoms. The molecule has 1 aromatic carbocycles. The summed E-state index contributed by atoms with van der Waals surface area (Å²) in [5.41, 5.74) is 7.67. The first-order valence-corrected chi connectivity index (χ1v) is 10.4. The molecule has 0 saturated heterocycles. The van der Waals surface area contributed by atoms with Crippen molar-refractivity contribution in [2.45, 2.75) is 44.3 Å². The number of hydrogen-bond donors (Lipinski definition) is 3. The van der Waals surface area contributed by atoms with Gasteiger partial charge in [0.2, 0.25) is 0 Å². The zero-order chi connectivity index (χ0) is 21.2. The number of carboxylic acid groups (broad SMARTS) is 1. The number of benzene rings is 1. The fourth-order valence-corrected chi connectivity index (χ4v) is 3.80. The average Bonchev–Trinajstić information content (AvgIpc) is 2.64. The van der Waals surface area contributed by atoms with E-state index in [0.717, 1.165) is 17.6 Å². The Kier molecular flexibility index (Phi) is 10.6. The zero-order valence-electron chi connectivity index (χ0n) is 16.3.